The van der Waals surface area contributed by atoms with Gasteiger partial charge in [-0.2, -0.15) is 25.3 Å². The van der Waals surface area contributed by atoms with Gasteiger partial charge in [-0.3, -0.25) is 0 Å². The van der Waals surface area contributed by atoms with Gasteiger partial charge in [0.05, 0.1) is 7.59 Å². The molecule has 1 fully saturated rings. The zero-order chi connectivity index (χ0) is 11.7. The van der Waals surface area contributed by atoms with Crippen LogP contribution in [0.2, 0.25) is 31.7 Å². The molecule has 0 aliphatic carbocycles. The summed E-state index contributed by atoms with van der Waals surface area (Å²) in [5, 5.41) is 0.466. The van der Waals surface area contributed by atoms with Crippen LogP contribution in [-0.4, -0.2) is 32.5 Å². The average molecular weight is 281 g/mol. The Labute approximate surface area is 107 Å². The lowest BCUT2D eigenvalue weighted by Crippen LogP contribution is -2.64. The highest BCUT2D eigenvalue weighted by Crippen LogP contribution is 2.37. The van der Waals surface area contributed by atoms with Crippen LogP contribution in [0.5, 0.6) is 0 Å². The van der Waals surface area contributed by atoms with Crippen LogP contribution in [-0.2, 0) is 4.43 Å². The van der Waals surface area contributed by atoms with Crippen molar-refractivity contribution in [3.8, 4) is 0 Å². The molecule has 0 spiro atoms. The van der Waals surface area contributed by atoms with E-state index >= 15 is 0 Å². The fraction of sp³-hybridized carbons (Fsp3) is 1.00. The first-order valence-electron chi connectivity index (χ1n) is 5.77. The highest BCUT2D eigenvalue weighted by atomic mass is 32.1. The molecule has 1 rings (SSSR count). The van der Waals surface area contributed by atoms with E-state index in [2.05, 4.69) is 51.8 Å². The van der Waals surface area contributed by atoms with Gasteiger partial charge < -0.3 is 4.43 Å². The molecule has 0 radical (unpaired) electrons. The summed E-state index contributed by atoms with van der Waals surface area (Å²) in [6.45, 7) is 9.57. The van der Waals surface area contributed by atoms with Crippen molar-refractivity contribution >= 4 is 40.7 Å². The molecule has 0 aromatic rings. The second-order valence-corrected chi connectivity index (χ2v) is 21.2. The number of rotatable bonds is 3. The Morgan fingerprint density at radius 2 is 2.00 bits per heavy atom. The summed E-state index contributed by atoms with van der Waals surface area (Å²) in [7, 11) is -2.63. The molecule has 90 valence electrons. The molecule has 0 bridgehead atoms. The van der Waals surface area contributed by atoms with Crippen LogP contribution >= 0.6 is 25.3 Å². The minimum atomic E-state index is -1.43. The molecule has 0 N–H and O–H groups in total. The molecule has 5 heteroatoms. The third-order valence-corrected chi connectivity index (χ3v) is 22.5. The summed E-state index contributed by atoms with van der Waals surface area (Å²) in [5.41, 5.74) is 0. The fourth-order valence-electron chi connectivity index (χ4n) is 2.46. The van der Waals surface area contributed by atoms with Gasteiger partial charge in [-0.05, 0) is 32.5 Å². The molecule has 1 heterocycles. The Kier molecular flexibility index (Phi) is 4.87. The van der Waals surface area contributed by atoms with Gasteiger partial charge in [0.15, 0.2) is 7.83 Å². The smallest absolute Gasteiger partial charge is 0.174 e. The molecular formula is C10H24OS2Si2. The predicted octanol–water partition coefficient (Wildman–Crippen LogP) is 3.39. The van der Waals surface area contributed by atoms with Crippen molar-refractivity contribution in [2.24, 2.45) is 0 Å². The summed E-state index contributed by atoms with van der Waals surface area (Å²) in [4.78, 5) is 0. The minimum Gasteiger partial charge on any atom is -0.417 e. The number of thiol groups is 2. The largest absolute Gasteiger partial charge is 0.417 e. The van der Waals surface area contributed by atoms with Gasteiger partial charge >= 0.3 is 0 Å². The second kappa shape index (κ2) is 5.16. The lowest BCUT2D eigenvalue weighted by atomic mass is 10.3. The fourth-order valence-corrected chi connectivity index (χ4v) is 15.4. The topological polar surface area (TPSA) is 9.23 Å². The first-order chi connectivity index (χ1) is 6.81. The molecule has 15 heavy (non-hydrogen) atoms. The van der Waals surface area contributed by atoms with E-state index in [1.165, 1.54) is 18.5 Å². The van der Waals surface area contributed by atoms with Crippen molar-refractivity contribution in [1.82, 2.24) is 0 Å². The van der Waals surface area contributed by atoms with Gasteiger partial charge in [-0.15, -0.1) is 0 Å². The Bertz CT molecular complexity index is 225. The van der Waals surface area contributed by atoms with Gasteiger partial charge in [0, 0.05) is 17.1 Å². The summed E-state index contributed by atoms with van der Waals surface area (Å²) in [5.74, 6) is 0.895. The van der Waals surface area contributed by atoms with Crippen LogP contribution in [0.1, 0.15) is 13.3 Å². The average Bonchev–Trinajstić information content (AvgIpc) is 2.12. The molecule has 3 unspecified atom stereocenters. The van der Waals surface area contributed by atoms with Crippen LogP contribution in [0.4, 0.5) is 0 Å². The van der Waals surface area contributed by atoms with E-state index < -0.39 is 15.4 Å². The Hall–Kier alpha value is 1.09. The third-order valence-electron chi connectivity index (χ3n) is 3.95. The van der Waals surface area contributed by atoms with Crippen LogP contribution in [0.15, 0.2) is 0 Å². The lowest BCUT2D eigenvalue weighted by Gasteiger charge is -2.47. The van der Waals surface area contributed by atoms with Gasteiger partial charge in [-0.25, -0.2) is 0 Å². The van der Waals surface area contributed by atoms with Crippen LogP contribution in [0, 0.1) is 0 Å². The summed E-state index contributed by atoms with van der Waals surface area (Å²) in [6.07, 6.45) is 1.74. The van der Waals surface area contributed by atoms with E-state index in [1.54, 1.807) is 0 Å². The van der Waals surface area contributed by atoms with Crippen LogP contribution < -0.4 is 0 Å². The summed E-state index contributed by atoms with van der Waals surface area (Å²) < 4.78 is 6.28. The standard InChI is InChI=1S/C10H24OS2Si2/c1-9-5-6-15(4,8-10(13)7-12)14(2,3)11-9/h9-10,12-13H,5-8H2,1-4H3. The quantitative estimate of drug-likeness (QED) is 0.595. The van der Waals surface area contributed by atoms with Crippen molar-refractivity contribution in [3.63, 3.8) is 0 Å². The van der Waals surface area contributed by atoms with E-state index in [4.69, 9.17) is 4.43 Å². The van der Waals surface area contributed by atoms with Gasteiger partial charge in [-0.1, -0.05) is 12.6 Å². The summed E-state index contributed by atoms with van der Waals surface area (Å²) in [6, 6.07) is 2.71. The Balaban J connectivity index is 2.73. The van der Waals surface area contributed by atoms with Gasteiger partial charge in [0.1, 0.15) is 0 Å². The molecule has 1 aliphatic heterocycles. The van der Waals surface area contributed by atoms with Crippen LogP contribution in [0.25, 0.3) is 0 Å². The van der Waals surface area contributed by atoms with Crippen molar-refractivity contribution in [2.75, 3.05) is 5.75 Å². The number of hydrogen-bond acceptors (Lipinski definition) is 3. The molecule has 0 aromatic carbocycles. The summed E-state index contributed by atoms with van der Waals surface area (Å²) >= 11 is 8.97. The molecule has 0 saturated carbocycles. The maximum atomic E-state index is 6.28. The highest BCUT2D eigenvalue weighted by molar-refractivity contribution is 7.84. The van der Waals surface area contributed by atoms with E-state index in [1.807, 2.05) is 0 Å². The predicted molar refractivity (Wildman–Crippen MR) is 80.5 cm³/mol. The van der Waals surface area contributed by atoms with Crippen molar-refractivity contribution < 1.29 is 4.43 Å². The first kappa shape index (κ1) is 14.2. The Morgan fingerprint density at radius 3 is 2.47 bits per heavy atom. The number of hydrogen-bond donors (Lipinski definition) is 2. The SMILES string of the molecule is CC1CC[Si](C)(CC(S)CS)[Si](C)(C)O1. The molecule has 1 aliphatic rings. The van der Waals surface area contributed by atoms with E-state index in [0.29, 0.717) is 11.4 Å². The highest BCUT2D eigenvalue weighted by Gasteiger charge is 2.50. The normalized spacial score (nSPS) is 37.6. The molecule has 3 atom stereocenters. The van der Waals surface area contributed by atoms with Gasteiger partial charge in [0.25, 0.3) is 0 Å². The molecule has 1 saturated heterocycles. The molecular weight excluding hydrogens is 256 g/mol. The van der Waals surface area contributed by atoms with Gasteiger partial charge in [0.2, 0.25) is 0 Å². The maximum Gasteiger partial charge on any atom is 0.174 e. The van der Waals surface area contributed by atoms with Crippen molar-refractivity contribution in [3.05, 3.63) is 0 Å². The maximum absolute atomic E-state index is 6.28. The second-order valence-electron chi connectivity index (χ2n) is 5.58. The monoisotopic (exact) mass is 280 g/mol. The van der Waals surface area contributed by atoms with Crippen LogP contribution in [0.3, 0.4) is 0 Å². The first-order valence-corrected chi connectivity index (χ1v) is 13.7. The molecule has 0 amide bonds. The van der Waals surface area contributed by atoms with E-state index in [9.17, 15) is 0 Å². The Morgan fingerprint density at radius 1 is 1.40 bits per heavy atom. The van der Waals surface area contributed by atoms with Crippen molar-refractivity contribution in [1.29, 1.82) is 0 Å². The minimum absolute atomic E-state index is 0.466. The third kappa shape index (κ3) is 3.28. The molecule has 1 nitrogen and oxygen atoms in total. The zero-order valence-electron chi connectivity index (χ0n) is 10.3. The van der Waals surface area contributed by atoms with Crippen molar-refractivity contribution in [2.45, 2.75) is 56.4 Å². The van der Waals surface area contributed by atoms with E-state index in [0.717, 1.165) is 5.75 Å². The zero-order valence-corrected chi connectivity index (χ0v) is 14.1. The lowest BCUT2D eigenvalue weighted by molar-refractivity contribution is 0.205. The molecule has 0 aromatic heterocycles. The van der Waals surface area contributed by atoms with E-state index in [-0.39, 0.29) is 0 Å².